The van der Waals surface area contributed by atoms with Gasteiger partial charge in [-0.25, -0.2) is 4.98 Å². The Hall–Kier alpha value is -3.38. The summed E-state index contributed by atoms with van der Waals surface area (Å²) in [6, 6.07) is 15.7. The highest BCUT2D eigenvalue weighted by Crippen LogP contribution is 2.30. The Morgan fingerprint density at radius 1 is 1.14 bits per heavy atom. The summed E-state index contributed by atoms with van der Waals surface area (Å²) in [7, 11) is 0. The van der Waals surface area contributed by atoms with E-state index in [0.29, 0.717) is 44.7 Å². The van der Waals surface area contributed by atoms with Gasteiger partial charge >= 0.3 is 0 Å². The van der Waals surface area contributed by atoms with E-state index in [0.717, 1.165) is 0 Å². The summed E-state index contributed by atoms with van der Waals surface area (Å²) >= 11 is 6.28. The van der Waals surface area contributed by atoms with Crippen LogP contribution in [-0.2, 0) is 0 Å². The van der Waals surface area contributed by atoms with E-state index in [9.17, 15) is 4.79 Å². The molecule has 4 rings (SSSR count). The third-order valence-corrected chi connectivity index (χ3v) is 4.44. The SMILES string of the molecule is CC(C)Oc1ccc(C(=O)Nc2cc(-c3nc4ncccc4o3)ccc2Cl)cc1. The first-order valence-electron chi connectivity index (χ1n) is 9.09. The topological polar surface area (TPSA) is 77.2 Å². The molecule has 2 aromatic carbocycles. The molecule has 29 heavy (non-hydrogen) atoms. The molecule has 0 bridgehead atoms. The summed E-state index contributed by atoms with van der Waals surface area (Å²) in [6.45, 7) is 3.89. The quantitative estimate of drug-likeness (QED) is 0.467. The van der Waals surface area contributed by atoms with E-state index < -0.39 is 0 Å². The third-order valence-electron chi connectivity index (χ3n) is 4.11. The smallest absolute Gasteiger partial charge is 0.255 e. The molecule has 0 radical (unpaired) electrons. The lowest BCUT2D eigenvalue weighted by atomic mass is 10.1. The van der Waals surface area contributed by atoms with Crippen LogP contribution in [-0.4, -0.2) is 22.0 Å². The first kappa shape index (κ1) is 19.0. The highest BCUT2D eigenvalue weighted by molar-refractivity contribution is 6.34. The van der Waals surface area contributed by atoms with Gasteiger partial charge in [0.25, 0.3) is 5.91 Å². The van der Waals surface area contributed by atoms with Gasteiger partial charge in [0, 0.05) is 17.3 Å². The Morgan fingerprint density at radius 2 is 1.93 bits per heavy atom. The molecular formula is C22H18ClN3O3. The maximum Gasteiger partial charge on any atom is 0.255 e. The number of carbonyl (C=O) groups excluding carboxylic acids is 1. The standard InChI is InChI=1S/C22H18ClN3O3/c1-13(2)28-16-8-5-14(6-9-16)21(27)25-18-12-15(7-10-17(18)23)22-26-20-19(29-22)4-3-11-24-20/h3-13H,1-2H3,(H,25,27). The number of nitrogens with zero attached hydrogens (tertiary/aromatic N) is 2. The van der Waals surface area contributed by atoms with E-state index in [1.807, 2.05) is 13.8 Å². The summed E-state index contributed by atoms with van der Waals surface area (Å²) in [5.74, 6) is 0.835. The van der Waals surface area contributed by atoms with Crippen LogP contribution >= 0.6 is 11.6 Å². The van der Waals surface area contributed by atoms with Crippen molar-refractivity contribution in [2.24, 2.45) is 0 Å². The summed E-state index contributed by atoms with van der Waals surface area (Å²) in [4.78, 5) is 21.2. The molecule has 0 unspecified atom stereocenters. The van der Waals surface area contributed by atoms with Crippen LogP contribution < -0.4 is 10.1 Å². The lowest BCUT2D eigenvalue weighted by Crippen LogP contribution is -2.12. The lowest BCUT2D eigenvalue weighted by molar-refractivity contribution is 0.102. The van der Waals surface area contributed by atoms with Gasteiger partial charge < -0.3 is 14.5 Å². The number of aromatic nitrogens is 2. The molecule has 0 fully saturated rings. The molecule has 7 heteroatoms. The van der Waals surface area contributed by atoms with Crippen molar-refractivity contribution in [3.05, 3.63) is 71.4 Å². The Bertz CT molecular complexity index is 1140. The second kappa shape index (κ2) is 7.93. The number of fused-ring (bicyclic) bond motifs is 1. The van der Waals surface area contributed by atoms with Gasteiger partial charge in [-0.3, -0.25) is 4.79 Å². The number of hydrogen-bond acceptors (Lipinski definition) is 5. The molecule has 2 heterocycles. The van der Waals surface area contributed by atoms with Crippen LogP contribution in [0.25, 0.3) is 22.7 Å². The first-order chi connectivity index (χ1) is 14.0. The fourth-order valence-electron chi connectivity index (χ4n) is 2.80. The van der Waals surface area contributed by atoms with Crippen molar-refractivity contribution < 1.29 is 13.9 Å². The van der Waals surface area contributed by atoms with Gasteiger partial charge in [-0.15, -0.1) is 0 Å². The van der Waals surface area contributed by atoms with E-state index >= 15 is 0 Å². The summed E-state index contributed by atoms with van der Waals surface area (Å²) in [6.07, 6.45) is 1.72. The van der Waals surface area contributed by atoms with Crippen molar-refractivity contribution in [2.75, 3.05) is 5.32 Å². The van der Waals surface area contributed by atoms with Crippen LogP contribution in [0.5, 0.6) is 5.75 Å². The van der Waals surface area contributed by atoms with Crippen LogP contribution in [0, 0.1) is 0 Å². The molecule has 0 saturated carbocycles. The number of oxazole rings is 1. The van der Waals surface area contributed by atoms with Crippen LogP contribution in [0.1, 0.15) is 24.2 Å². The molecule has 0 saturated heterocycles. The highest BCUT2D eigenvalue weighted by Gasteiger charge is 2.13. The van der Waals surface area contributed by atoms with Crippen molar-refractivity contribution in [3.63, 3.8) is 0 Å². The van der Waals surface area contributed by atoms with Gasteiger partial charge in [-0.05, 0) is 68.4 Å². The number of hydrogen-bond donors (Lipinski definition) is 1. The monoisotopic (exact) mass is 407 g/mol. The molecule has 0 atom stereocenters. The zero-order chi connectivity index (χ0) is 20.4. The second-order valence-corrected chi connectivity index (χ2v) is 7.09. The summed E-state index contributed by atoms with van der Waals surface area (Å²) < 4.78 is 11.3. The Balaban J connectivity index is 1.57. The molecule has 1 amide bonds. The first-order valence-corrected chi connectivity index (χ1v) is 9.47. The fraction of sp³-hybridized carbons (Fsp3) is 0.136. The fourth-order valence-corrected chi connectivity index (χ4v) is 2.96. The van der Waals surface area contributed by atoms with E-state index in [2.05, 4.69) is 15.3 Å². The number of pyridine rings is 1. The Morgan fingerprint density at radius 3 is 2.66 bits per heavy atom. The number of benzene rings is 2. The van der Waals surface area contributed by atoms with Gasteiger partial charge in [0.15, 0.2) is 11.2 Å². The van der Waals surface area contributed by atoms with Crippen LogP contribution in [0.4, 0.5) is 5.69 Å². The number of amides is 1. The van der Waals surface area contributed by atoms with E-state index in [1.165, 1.54) is 0 Å². The minimum absolute atomic E-state index is 0.0679. The van der Waals surface area contributed by atoms with Crippen molar-refractivity contribution in [3.8, 4) is 17.2 Å². The minimum atomic E-state index is -0.278. The maximum atomic E-state index is 12.6. The summed E-state index contributed by atoms with van der Waals surface area (Å²) in [5.41, 5.74) is 2.75. The number of carbonyl (C=O) groups is 1. The Labute approximate surface area is 172 Å². The summed E-state index contributed by atoms with van der Waals surface area (Å²) in [5, 5.41) is 3.25. The van der Waals surface area contributed by atoms with Crippen LogP contribution in [0.3, 0.4) is 0 Å². The largest absolute Gasteiger partial charge is 0.491 e. The van der Waals surface area contributed by atoms with Crippen molar-refractivity contribution in [1.82, 2.24) is 9.97 Å². The number of ether oxygens (including phenoxy) is 1. The van der Waals surface area contributed by atoms with Gasteiger partial charge in [0.05, 0.1) is 16.8 Å². The molecular weight excluding hydrogens is 390 g/mol. The molecule has 146 valence electrons. The van der Waals surface area contributed by atoms with E-state index in [-0.39, 0.29) is 12.0 Å². The number of anilines is 1. The zero-order valence-electron chi connectivity index (χ0n) is 15.8. The molecule has 1 N–H and O–H groups in total. The van der Waals surface area contributed by atoms with Gasteiger partial charge in [0.2, 0.25) is 5.89 Å². The highest BCUT2D eigenvalue weighted by atomic mass is 35.5. The average molecular weight is 408 g/mol. The van der Waals surface area contributed by atoms with Crippen molar-refractivity contribution in [1.29, 1.82) is 0 Å². The number of halogens is 1. The zero-order valence-corrected chi connectivity index (χ0v) is 16.6. The van der Waals surface area contributed by atoms with Crippen LogP contribution in [0.15, 0.2) is 65.2 Å². The molecule has 0 aliphatic heterocycles. The number of rotatable bonds is 5. The molecule has 4 aromatic rings. The van der Waals surface area contributed by atoms with Gasteiger partial charge in [0.1, 0.15) is 5.75 Å². The third kappa shape index (κ3) is 4.22. The predicted molar refractivity (Wildman–Crippen MR) is 112 cm³/mol. The maximum absolute atomic E-state index is 12.6. The van der Waals surface area contributed by atoms with Crippen molar-refractivity contribution in [2.45, 2.75) is 20.0 Å². The minimum Gasteiger partial charge on any atom is -0.491 e. The normalized spacial score (nSPS) is 11.0. The molecule has 6 nitrogen and oxygen atoms in total. The second-order valence-electron chi connectivity index (χ2n) is 6.68. The number of nitrogens with one attached hydrogen (secondary N) is 1. The van der Waals surface area contributed by atoms with Crippen molar-refractivity contribution >= 4 is 34.4 Å². The van der Waals surface area contributed by atoms with Gasteiger partial charge in [-0.2, -0.15) is 4.98 Å². The van der Waals surface area contributed by atoms with E-state index in [1.54, 1.807) is 60.8 Å². The van der Waals surface area contributed by atoms with Crippen LogP contribution in [0.2, 0.25) is 5.02 Å². The molecule has 0 spiro atoms. The Kier molecular flexibility index (Phi) is 5.18. The molecule has 0 aliphatic rings. The average Bonchev–Trinajstić information content (AvgIpc) is 3.14. The predicted octanol–water partition coefficient (Wildman–Crippen LogP) is 5.58. The van der Waals surface area contributed by atoms with Gasteiger partial charge in [-0.1, -0.05) is 11.6 Å². The lowest BCUT2D eigenvalue weighted by Gasteiger charge is -2.11. The van der Waals surface area contributed by atoms with E-state index in [4.69, 9.17) is 20.8 Å². The molecule has 2 aromatic heterocycles. The molecule has 0 aliphatic carbocycles.